The monoisotopic (exact) mass is 222 g/mol. The number of benzene rings is 1. The minimum Gasteiger partial charge on any atom is -0.308 e. The van der Waals surface area contributed by atoms with E-state index in [9.17, 15) is 4.79 Å². The highest BCUT2D eigenvalue weighted by Crippen LogP contribution is 2.06. The Morgan fingerprint density at radius 3 is 2.25 bits per heavy atom. The van der Waals surface area contributed by atoms with Gasteiger partial charge in [-0.3, -0.25) is 10.0 Å². The van der Waals surface area contributed by atoms with Gasteiger partial charge in [-0.05, 0) is 38.5 Å². The third-order valence-electron chi connectivity index (χ3n) is 2.14. The molecule has 0 fully saturated rings. The average molecular weight is 222 g/mol. The summed E-state index contributed by atoms with van der Waals surface area (Å²) in [7, 11) is 0. The van der Waals surface area contributed by atoms with Crippen molar-refractivity contribution in [3.8, 4) is 0 Å². The smallest absolute Gasteiger partial charge is 0.274 e. The summed E-state index contributed by atoms with van der Waals surface area (Å²) in [5.41, 5.74) is 3.22. The van der Waals surface area contributed by atoms with E-state index in [0.717, 1.165) is 12.1 Å². The summed E-state index contributed by atoms with van der Waals surface area (Å²) in [5, 5.41) is 11.8. The van der Waals surface area contributed by atoms with Crippen molar-refractivity contribution in [2.45, 2.75) is 32.9 Å². The highest BCUT2D eigenvalue weighted by atomic mass is 16.5. The van der Waals surface area contributed by atoms with Crippen LogP contribution in [-0.4, -0.2) is 16.7 Å². The van der Waals surface area contributed by atoms with Gasteiger partial charge in [0.05, 0.1) is 0 Å². The van der Waals surface area contributed by atoms with Gasteiger partial charge in [-0.1, -0.05) is 12.1 Å². The van der Waals surface area contributed by atoms with Crippen molar-refractivity contribution in [2.24, 2.45) is 0 Å². The van der Waals surface area contributed by atoms with E-state index in [2.05, 4.69) is 26.1 Å². The Hall–Kier alpha value is -1.39. The number of carbonyl (C=O) groups excluding carboxylic acids is 1. The standard InChI is InChI=1S/C12H18N2O2/c1-12(2,3)13-8-9-4-6-10(7-5-9)11(15)14-16/h4-7,13,16H,8H2,1-3H3,(H,14,15). The predicted molar refractivity (Wildman–Crippen MR) is 62.3 cm³/mol. The third-order valence-corrected chi connectivity index (χ3v) is 2.14. The molecule has 4 nitrogen and oxygen atoms in total. The lowest BCUT2D eigenvalue weighted by Gasteiger charge is -2.20. The maximum absolute atomic E-state index is 11.1. The number of hydroxylamine groups is 1. The molecule has 0 spiro atoms. The molecule has 16 heavy (non-hydrogen) atoms. The maximum Gasteiger partial charge on any atom is 0.274 e. The first-order valence-electron chi connectivity index (χ1n) is 5.21. The van der Waals surface area contributed by atoms with Crippen molar-refractivity contribution in [3.63, 3.8) is 0 Å². The van der Waals surface area contributed by atoms with Gasteiger partial charge < -0.3 is 5.32 Å². The van der Waals surface area contributed by atoms with Crippen LogP contribution >= 0.6 is 0 Å². The largest absolute Gasteiger partial charge is 0.308 e. The molecule has 0 heterocycles. The van der Waals surface area contributed by atoms with Gasteiger partial charge in [0.15, 0.2) is 0 Å². The van der Waals surface area contributed by atoms with Crippen LogP contribution in [0.2, 0.25) is 0 Å². The Kier molecular flexibility index (Phi) is 4.04. The summed E-state index contributed by atoms with van der Waals surface area (Å²) in [5.74, 6) is -0.490. The summed E-state index contributed by atoms with van der Waals surface area (Å²) >= 11 is 0. The number of hydrogen-bond donors (Lipinski definition) is 3. The van der Waals surface area contributed by atoms with E-state index in [0.29, 0.717) is 5.56 Å². The van der Waals surface area contributed by atoms with Crippen molar-refractivity contribution in [3.05, 3.63) is 35.4 Å². The Labute approximate surface area is 95.6 Å². The molecule has 1 rings (SSSR count). The number of hydrogen-bond acceptors (Lipinski definition) is 3. The van der Waals surface area contributed by atoms with E-state index in [1.54, 1.807) is 17.6 Å². The van der Waals surface area contributed by atoms with Crippen molar-refractivity contribution in [2.75, 3.05) is 0 Å². The quantitative estimate of drug-likeness (QED) is 0.539. The average Bonchev–Trinajstić information content (AvgIpc) is 2.25. The zero-order valence-corrected chi connectivity index (χ0v) is 9.87. The number of amides is 1. The molecule has 0 unspecified atom stereocenters. The first-order chi connectivity index (χ1) is 7.42. The van der Waals surface area contributed by atoms with Gasteiger partial charge in [0.25, 0.3) is 5.91 Å². The first-order valence-corrected chi connectivity index (χ1v) is 5.21. The van der Waals surface area contributed by atoms with Crippen LogP contribution < -0.4 is 10.8 Å². The van der Waals surface area contributed by atoms with Crippen LogP contribution in [0.5, 0.6) is 0 Å². The van der Waals surface area contributed by atoms with Crippen LogP contribution in [0.4, 0.5) is 0 Å². The fourth-order valence-electron chi connectivity index (χ4n) is 1.21. The maximum atomic E-state index is 11.1. The van der Waals surface area contributed by atoms with Crippen LogP contribution in [0.15, 0.2) is 24.3 Å². The molecule has 4 heteroatoms. The van der Waals surface area contributed by atoms with Gasteiger partial charge in [-0.25, -0.2) is 5.48 Å². The molecule has 0 aliphatic heterocycles. The zero-order valence-electron chi connectivity index (χ0n) is 9.87. The zero-order chi connectivity index (χ0) is 12.2. The molecule has 0 saturated carbocycles. The summed E-state index contributed by atoms with van der Waals surface area (Å²) in [6.45, 7) is 7.05. The fourth-order valence-corrected chi connectivity index (χ4v) is 1.21. The lowest BCUT2D eigenvalue weighted by molar-refractivity contribution is 0.0706. The van der Waals surface area contributed by atoms with E-state index >= 15 is 0 Å². The molecule has 0 aromatic heterocycles. The highest BCUT2D eigenvalue weighted by molar-refractivity contribution is 5.93. The Balaban J connectivity index is 2.62. The van der Waals surface area contributed by atoms with E-state index in [4.69, 9.17) is 5.21 Å². The van der Waals surface area contributed by atoms with Gasteiger partial charge >= 0.3 is 0 Å². The van der Waals surface area contributed by atoms with Crippen LogP contribution in [0.1, 0.15) is 36.7 Å². The normalized spacial score (nSPS) is 11.2. The van der Waals surface area contributed by atoms with Crippen LogP contribution in [0, 0.1) is 0 Å². The van der Waals surface area contributed by atoms with E-state index in [-0.39, 0.29) is 5.54 Å². The van der Waals surface area contributed by atoms with Crippen LogP contribution in [0.3, 0.4) is 0 Å². The molecule has 0 bridgehead atoms. The van der Waals surface area contributed by atoms with Crippen LogP contribution in [-0.2, 0) is 6.54 Å². The number of rotatable bonds is 3. The molecule has 0 atom stereocenters. The van der Waals surface area contributed by atoms with Gasteiger partial charge in [0.2, 0.25) is 0 Å². The third kappa shape index (κ3) is 4.00. The predicted octanol–water partition coefficient (Wildman–Crippen LogP) is 1.69. The lowest BCUT2D eigenvalue weighted by atomic mass is 10.1. The van der Waals surface area contributed by atoms with Crippen molar-refractivity contribution in [1.29, 1.82) is 0 Å². The fraction of sp³-hybridized carbons (Fsp3) is 0.417. The van der Waals surface area contributed by atoms with E-state index in [1.807, 2.05) is 12.1 Å². The SMILES string of the molecule is CC(C)(C)NCc1ccc(C(=O)NO)cc1. The topological polar surface area (TPSA) is 61.4 Å². The minimum atomic E-state index is -0.490. The Bertz CT molecular complexity index is 352. The highest BCUT2D eigenvalue weighted by Gasteiger charge is 2.08. The molecule has 0 aliphatic rings. The Morgan fingerprint density at radius 2 is 1.81 bits per heavy atom. The van der Waals surface area contributed by atoms with Crippen molar-refractivity contribution >= 4 is 5.91 Å². The Morgan fingerprint density at radius 1 is 1.25 bits per heavy atom. The molecule has 0 radical (unpaired) electrons. The molecule has 1 aromatic rings. The lowest BCUT2D eigenvalue weighted by Crippen LogP contribution is -2.35. The van der Waals surface area contributed by atoms with E-state index in [1.165, 1.54) is 0 Å². The second-order valence-electron chi connectivity index (χ2n) is 4.74. The van der Waals surface area contributed by atoms with Crippen LogP contribution in [0.25, 0.3) is 0 Å². The summed E-state index contributed by atoms with van der Waals surface area (Å²) in [6.07, 6.45) is 0. The molecule has 0 aliphatic carbocycles. The molecular formula is C12H18N2O2. The summed E-state index contributed by atoms with van der Waals surface area (Å²) in [4.78, 5) is 11.1. The molecular weight excluding hydrogens is 204 g/mol. The summed E-state index contributed by atoms with van der Waals surface area (Å²) < 4.78 is 0. The molecule has 88 valence electrons. The first kappa shape index (κ1) is 12.7. The number of nitrogens with one attached hydrogen (secondary N) is 2. The van der Waals surface area contributed by atoms with Crippen molar-refractivity contribution < 1.29 is 10.0 Å². The molecule has 1 aromatic carbocycles. The second kappa shape index (κ2) is 5.09. The van der Waals surface area contributed by atoms with Gasteiger partial charge in [0, 0.05) is 17.6 Å². The van der Waals surface area contributed by atoms with Gasteiger partial charge in [-0.2, -0.15) is 0 Å². The van der Waals surface area contributed by atoms with Gasteiger partial charge in [0.1, 0.15) is 0 Å². The molecule has 3 N–H and O–H groups in total. The molecule has 0 saturated heterocycles. The molecule has 1 amide bonds. The summed E-state index contributed by atoms with van der Waals surface area (Å²) in [6, 6.07) is 7.10. The second-order valence-corrected chi connectivity index (χ2v) is 4.74. The van der Waals surface area contributed by atoms with E-state index < -0.39 is 5.91 Å². The minimum absolute atomic E-state index is 0.0706. The van der Waals surface area contributed by atoms with Crippen molar-refractivity contribution in [1.82, 2.24) is 10.8 Å². The number of carbonyl (C=O) groups is 1. The van der Waals surface area contributed by atoms with Gasteiger partial charge in [-0.15, -0.1) is 0 Å².